The number of carbonyl (C=O) groups is 2. The quantitative estimate of drug-likeness (QED) is 0.528. The van der Waals surface area contributed by atoms with Crippen molar-refractivity contribution in [2.24, 2.45) is 5.92 Å². The fourth-order valence-electron chi connectivity index (χ4n) is 3.50. The highest BCUT2D eigenvalue weighted by Crippen LogP contribution is 2.30. The van der Waals surface area contributed by atoms with Gasteiger partial charge in [0, 0.05) is 20.0 Å². The summed E-state index contributed by atoms with van der Waals surface area (Å²) in [6, 6.07) is -0.115. The summed E-state index contributed by atoms with van der Waals surface area (Å²) in [4.78, 5) is 25.8. The Morgan fingerprint density at radius 1 is 1.42 bits per heavy atom. The predicted molar refractivity (Wildman–Crippen MR) is 86.0 cm³/mol. The van der Waals surface area contributed by atoms with Gasteiger partial charge in [-0.15, -0.1) is 0 Å². The largest absolute Gasteiger partial charge is 0.459 e. The molecule has 7 heteroatoms. The lowest BCUT2D eigenvalue weighted by atomic mass is 9.85. The van der Waals surface area contributed by atoms with Gasteiger partial charge in [-0.3, -0.25) is 9.69 Å². The van der Waals surface area contributed by atoms with Crippen LogP contribution in [0, 0.1) is 5.92 Å². The summed E-state index contributed by atoms with van der Waals surface area (Å²) in [5.41, 5.74) is -1.07. The fraction of sp³-hybridized carbons (Fsp3) is 0.765. The SMILES string of the molecule is CC(=O)O[C@H](C)[C@](O)(C(=O)OCC1=CCN2CC[C@@H](O)[C@@H]12)C(C)C. The first-order valence-corrected chi connectivity index (χ1v) is 8.35. The van der Waals surface area contributed by atoms with Crippen LogP contribution in [0.4, 0.5) is 0 Å². The number of carbonyl (C=O) groups excluding carboxylic acids is 2. The molecule has 0 aliphatic carbocycles. The molecule has 0 bridgehead atoms. The Morgan fingerprint density at radius 3 is 2.67 bits per heavy atom. The zero-order valence-electron chi connectivity index (χ0n) is 14.7. The van der Waals surface area contributed by atoms with Crippen molar-refractivity contribution < 1.29 is 29.3 Å². The lowest BCUT2D eigenvalue weighted by Gasteiger charge is -2.34. The zero-order valence-corrected chi connectivity index (χ0v) is 14.7. The molecule has 0 saturated carbocycles. The van der Waals surface area contributed by atoms with Gasteiger partial charge in [-0.2, -0.15) is 0 Å². The van der Waals surface area contributed by atoms with E-state index in [2.05, 4.69) is 4.90 Å². The van der Waals surface area contributed by atoms with Crippen LogP contribution in [0.5, 0.6) is 0 Å². The Balaban J connectivity index is 2.02. The molecule has 24 heavy (non-hydrogen) atoms. The van der Waals surface area contributed by atoms with Crippen molar-refractivity contribution in [2.45, 2.75) is 58.0 Å². The molecule has 4 atom stereocenters. The van der Waals surface area contributed by atoms with E-state index in [1.54, 1.807) is 13.8 Å². The molecule has 0 aromatic carbocycles. The van der Waals surface area contributed by atoms with Crippen molar-refractivity contribution in [3.8, 4) is 0 Å². The summed E-state index contributed by atoms with van der Waals surface area (Å²) in [6.07, 6.45) is 1.18. The molecule has 2 rings (SSSR count). The van der Waals surface area contributed by atoms with Crippen LogP contribution in [-0.2, 0) is 19.1 Å². The van der Waals surface area contributed by atoms with Crippen LogP contribution in [0.15, 0.2) is 11.6 Å². The topological polar surface area (TPSA) is 96.3 Å². The Hall–Kier alpha value is -1.44. The summed E-state index contributed by atoms with van der Waals surface area (Å²) in [5, 5.41) is 20.8. The van der Waals surface area contributed by atoms with Gasteiger partial charge in [-0.25, -0.2) is 4.79 Å². The molecular formula is C17H27NO6. The minimum atomic E-state index is -1.92. The molecule has 2 N–H and O–H groups in total. The summed E-state index contributed by atoms with van der Waals surface area (Å²) in [7, 11) is 0. The van der Waals surface area contributed by atoms with Crippen LogP contribution >= 0.6 is 0 Å². The lowest BCUT2D eigenvalue weighted by molar-refractivity contribution is -0.192. The second-order valence-electron chi connectivity index (χ2n) is 6.88. The molecular weight excluding hydrogens is 314 g/mol. The van der Waals surface area contributed by atoms with Gasteiger partial charge in [-0.05, 0) is 24.8 Å². The second-order valence-corrected chi connectivity index (χ2v) is 6.88. The highest BCUT2D eigenvalue weighted by Gasteiger charge is 2.48. The molecule has 0 aromatic rings. The monoisotopic (exact) mass is 341 g/mol. The van der Waals surface area contributed by atoms with Crippen LogP contribution < -0.4 is 0 Å². The summed E-state index contributed by atoms with van der Waals surface area (Å²) in [6.45, 7) is 7.59. The van der Waals surface area contributed by atoms with E-state index in [1.807, 2.05) is 6.08 Å². The first-order valence-electron chi connectivity index (χ1n) is 8.35. The number of aliphatic hydroxyl groups excluding tert-OH is 1. The van der Waals surface area contributed by atoms with E-state index in [0.717, 1.165) is 18.7 Å². The number of esters is 2. The Morgan fingerprint density at radius 2 is 2.08 bits per heavy atom. The minimum Gasteiger partial charge on any atom is -0.459 e. The highest BCUT2D eigenvalue weighted by molar-refractivity contribution is 5.81. The van der Waals surface area contributed by atoms with E-state index in [0.29, 0.717) is 6.42 Å². The van der Waals surface area contributed by atoms with Crippen molar-refractivity contribution in [1.29, 1.82) is 0 Å². The van der Waals surface area contributed by atoms with Gasteiger partial charge in [0.2, 0.25) is 5.60 Å². The van der Waals surface area contributed by atoms with E-state index < -0.39 is 35.7 Å². The molecule has 7 nitrogen and oxygen atoms in total. The van der Waals surface area contributed by atoms with E-state index >= 15 is 0 Å². The number of hydrogen-bond donors (Lipinski definition) is 2. The first-order chi connectivity index (χ1) is 11.2. The Kier molecular flexibility index (Phi) is 5.67. The minimum absolute atomic E-state index is 0.0128. The molecule has 1 fully saturated rings. The van der Waals surface area contributed by atoms with Gasteiger partial charge in [0.25, 0.3) is 0 Å². The van der Waals surface area contributed by atoms with Gasteiger partial charge < -0.3 is 19.7 Å². The smallest absolute Gasteiger partial charge is 0.342 e. The second kappa shape index (κ2) is 7.21. The number of fused-ring (bicyclic) bond motifs is 1. The standard InChI is InChI=1S/C17H27NO6/c1-10(2)17(22,11(3)24-12(4)19)16(21)23-9-13-5-7-18-8-6-14(20)15(13)18/h5,10-11,14-15,20,22H,6-9H2,1-4H3/t11-,14-,15-,17+/m1/s1. The lowest BCUT2D eigenvalue weighted by Crippen LogP contribution is -2.55. The molecule has 2 aliphatic heterocycles. The molecule has 0 radical (unpaired) electrons. The van der Waals surface area contributed by atoms with Gasteiger partial charge >= 0.3 is 11.9 Å². The molecule has 2 aliphatic rings. The zero-order chi connectivity index (χ0) is 18.1. The number of aliphatic hydroxyl groups is 2. The van der Waals surface area contributed by atoms with Crippen molar-refractivity contribution in [2.75, 3.05) is 19.7 Å². The number of nitrogens with zero attached hydrogens (tertiary/aromatic N) is 1. The van der Waals surface area contributed by atoms with Crippen LogP contribution in [0.3, 0.4) is 0 Å². The molecule has 0 spiro atoms. The Bertz CT molecular complexity index is 531. The van der Waals surface area contributed by atoms with Gasteiger partial charge in [0.1, 0.15) is 12.7 Å². The summed E-state index contributed by atoms with van der Waals surface area (Å²) in [5.74, 6) is -1.89. The van der Waals surface area contributed by atoms with Crippen LogP contribution in [0.1, 0.15) is 34.1 Å². The van der Waals surface area contributed by atoms with Crippen molar-refractivity contribution in [1.82, 2.24) is 4.90 Å². The average Bonchev–Trinajstić information content (AvgIpc) is 3.06. The predicted octanol–water partition coefficient (Wildman–Crippen LogP) is 0.244. The highest BCUT2D eigenvalue weighted by atomic mass is 16.6. The number of rotatable bonds is 6. The average molecular weight is 341 g/mol. The maximum Gasteiger partial charge on any atom is 0.342 e. The molecule has 2 heterocycles. The summed E-state index contributed by atoms with van der Waals surface area (Å²) >= 11 is 0. The maximum atomic E-state index is 12.5. The first kappa shape index (κ1) is 18.9. The maximum absolute atomic E-state index is 12.5. The van der Waals surface area contributed by atoms with Crippen molar-refractivity contribution >= 4 is 11.9 Å². The van der Waals surface area contributed by atoms with E-state index in [1.165, 1.54) is 13.8 Å². The third kappa shape index (κ3) is 3.48. The van der Waals surface area contributed by atoms with E-state index in [4.69, 9.17) is 9.47 Å². The van der Waals surface area contributed by atoms with Crippen LogP contribution in [0.25, 0.3) is 0 Å². The number of hydrogen-bond acceptors (Lipinski definition) is 7. The van der Waals surface area contributed by atoms with Crippen molar-refractivity contribution in [3.05, 3.63) is 11.6 Å². The molecule has 0 amide bonds. The van der Waals surface area contributed by atoms with E-state index in [9.17, 15) is 19.8 Å². The third-order valence-corrected chi connectivity index (χ3v) is 4.98. The molecule has 136 valence electrons. The molecule has 0 aromatic heterocycles. The normalized spacial score (nSPS) is 27.4. The third-order valence-electron chi connectivity index (χ3n) is 4.98. The fourth-order valence-corrected chi connectivity index (χ4v) is 3.50. The Labute approximate surface area is 142 Å². The molecule has 1 saturated heterocycles. The van der Waals surface area contributed by atoms with Gasteiger partial charge in [0.05, 0.1) is 12.1 Å². The van der Waals surface area contributed by atoms with E-state index in [-0.39, 0.29) is 12.6 Å². The van der Waals surface area contributed by atoms with Gasteiger partial charge in [-0.1, -0.05) is 19.9 Å². The number of ether oxygens (including phenoxy) is 2. The van der Waals surface area contributed by atoms with Crippen LogP contribution in [0.2, 0.25) is 0 Å². The summed E-state index contributed by atoms with van der Waals surface area (Å²) < 4.78 is 10.3. The van der Waals surface area contributed by atoms with Crippen molar-refractivity contribution in [3.63, 3.8) is 0 Å². The van der Waals surface area contributed by atoms with Gasteiger partial charge in [0.15, 0.2) is 0 Å². The van der Waals surface area contributed by atoms with Crippen LogP contribution in [-0.4, -0.2) is 70.6 Å². The molecule has 0 unspecified atom stereocenters.